The minimum Gasteiger partial charge on any atom is -0.492 e. The molecule has 2 N–H and O–H groups in total. The molecule has 0 radical (unpaired) electrons. The zero-order valence-electron chi connectivity index (χ0n) is 19.4. The average Bonchev–Trinajstić information content (AvgIpc) is 3.32. The third-order valence-electron chi connectivity index (χ3n) is 6.39. The van der Waals surface area contributed by atoms with Crippen LogP contribution in [0.5, 0.6) is 5.75 Å². The highest BCUT2D eigenvalue weighted by atomic mass is 16.5. The van der Waals surface area contributed by atoms with Gasteiger partial charge in [0, 0.05) is 30.1 Å². The molecular formula is C27H26N6O2. The largest absolute Gasteiger partial charge is 0.492 e. The van der Waals surface area contributed by atoms with Gasteiger partial charge in [0.2, 0.25) is 5.91 Å². The van der Waals surface area contributed by atoms with Crippen LogP contribution in [0.25, 0.3) is 27.9 Å². The maximum absolute atomic E-state index is 11.7. The SMILES string of the molecule is N#Cc1ccc(-c2cnn3cc(-c4ccc(OCCN5CCCCC5)cc4)cnc23)cc1C(N)=O. The summed E-state index contributed by atoms with van der Waals surface area (Å²) >= 11 is 0. The lowest BCUT2D eigenvalue weighted by molar-refractivity contribution is 0.1000. The van der Waals surface area contributed by atoms with Gasteiger partial charge in [0.1, 0.15) is 12.4 Å². The Balaban J connectivity index is 1.31. The fourth-order valence-corrected chi connectivity index (χ4v) is 4.46. The second-order valence-electron chi connectivity index (χ2n) is 8.68. The number of fused-ring (bicyclic) bond motifs is 1. The number of hydrogen-bond acceptors (Lipinski definition) is 6. The van der Waals surface area contributed by atoms with Crippen molar-refractivity contribution in [1.82, 2.24) is 19.5 Å². The number of primary amides is 1. The molecule has 0 aliphatic carbocycles. The standard InChI is InChI=1S/C27H26N6O2/c28-15-21-5-4-20(14-24(21)26(29)34)25-17-31-33-18-22(16-30-27(25)33)19-6-8-23(9-7-19)35-13-12-32-10-2-1-3-11-32/h4-9,14,16-18H,1-3,10-13H2,(H2,29,34). The Hall–Kier alpha value is -4.22. The summed E-state index contributed by atoms with van der Waals surface area (Å²) in [5, 5.41) is 13.7. The summed E-state index contributed by atoms with van der Waals surface area (Å²) < 4.78 is 7.64. The monoisotopic (exact) mass is 466 g/mol. The number of carbonyl (C=O) groups excluding carboxylic acids is 1. The number of rotatable bonds is 7. The summed E-state index contributed by atoms with van der Waals surface area (Å²) in [5.74, 6) is 0.210. The lowest BCUT2D eigenvalue weighted by Gasteiger charge is -2.26. The highest BCUT2D eigenvalue weighted by molar-refractivity contribution is 5.97. The Morgan fingerprint density at radius 3 is 2.54 bits per heavy atom. The minimum atomic E-state index is -0.644. The first-order valence-corrected chi connectivity index (χ1v) is 11.8. The number of carbonyl (C=O) groups is 1. The van der Waals surface area contributed by atoms with Gasteiger partial charge in [-0.3, -0.25) is 9.69 Å². The second-order valence-corrected chi connectivity index (χ2v) is 8.68. The summed E-state index contributed by atoms with van der Waals surface area (Å²) in [5.41, 5.74) is 9.91. The van der Waals surface area contributed by atoms with E-state index in [-0.39, 0.29) is 11.1 Å². The minimum absolute atomic E-state index is 0.180. The van der Waals surface area contributed by atoms with Gasteiger partial charge in [0.25, 0.3) is 0 Å². The molecule has 5 rings (SSSR count). The van der Waals surface area contributed by atoms with Crippen LogP contribution in [-0.2, 0) is 0 Å². The van der Waals surface area contributed by atoms with E-state index in [1.807, 2.05) is 36.5 Å². The molecule has 1 fully saturated rings. The number of nitriles is 1. The molecule has 176 valence electrons. The van der Waals surface area contributed by atoms with Crippen molar-refractivity contribution in [2.45, 2.75) is 19.3 Å². The van der Waals surface area contributed by atoms with Gasteiger partial charge in [-0.1, -0.05) is 24.6 Å². The van der Waals surface area contributed by atoms with E-state index in [1.165, 1.54) is 32.4 Å². The Bertz CT molecular complexity index is 1400. The van der Waals surface area contributed by atoms with E-state index in [4.69, 9.17) is 10.5 Å². The van der Waals surface area contributed by atoms with Gasteiger partial charge in [0.15, 0.2) is 5.65 Å². The molecule has 0 atom stereocenters. The van der Waals surface area contributed by atoms with Crippen LogP contribution in [0.15, 0.2) is 61.1 Å². The number of amides is 1. The van der Waals surface area contributed by atoms with Crippen molar-refractivity contribution in [2.24, 2.45) is 5.73 Å². The first-order chi connectivity index (χ1) is 17.1. The van der Waals surface area contributed by atoms with Crippen LogP contribution in [0.3, 0.4) is 0 Å². The van der Waals surface area contributed by atoms with Crippen LogP contribution in [0, 0.1) is 11.3 Å². The molecule has 3 heterocycles. The van der Waals surface area contributed by atoms with Gasteiger partial charge in [-0.15, -0.1) is 0 Å². The molecule has 1 aliphatic heterocycles. The van der Waals surface area contributed by atoms with Crippen LogP contribution in [0.4, 0.5) is 0 Å². The highest BCUT2D eigenvalue weighted by Gasteiger charge is 2.14. The molecule has 8 heteroatoms. The lowest BCUT2D eigenvalue weighted by atomic mass is 10.0. The maximum atomic E-state index is 11.7. The van der Waals surface area contributed by atoms with Crippen molar-refractivity contribution in [3.8, 4) is 34.1 Å². The Labute approximate surface area is 203 Å². The lowest BCUT2D eigenvalue weighted by Crippen LogP contribution is -2.33. The number of nitrogens with zero attached hydrogens (tertiary/aromatic N) is 5. The molecule has 35 heavy (non-hydrogen) atoms. The van der Waals surface area contributed by atoms with E-state index in [2.05, 4.69) is 15.0 Å². The fourth-order valence-electron chi connectivity index (χ4n) is 4.46. The number of nitrogens with two attached hydrogens (primary N) is 1. The first kappa shape index (κ1) is 22.6. The van der Waals surface area contributed by atoms with Gasteiger partial charge in [0.05, 0.1) is 23.4 Å². The van der Waals surface area contributed by atoms with Crippen molar-refractivity contribution >= 4 is 11.6 Å². The quantitative estimate of drug-likeness (QED) is 0.442. The molecule has 0 spiro atoms. The van der Waals surface area contributed by atoms with E-state index in [0.717, 1.165) is 34.5 Å². The zero-order valence-corrected chi connectivity index (χ0v) is 19.4. The summed E-state index contributed by atoms with van der Waals surface area (Å²) in [7, 11) is 0. The molecule has 1 amide bonds. The molecule has 2 aromatic heterocycles. The van der Waals surface area contributed by atoms with Gasteiger partial charge < -0.3 is 10.5 Å². The normalized spacial score (nSPS) is 14.0. The van der Waals surface area contributed by atoms with E-state index in [1.54, 1.807) is 35.1 Å². The Morgan fingerprint density at radius 2 is 1.80 bits per heavy atom. The summed E-state index contributed by atoms with van der Waals surface area (Å²) in [6.07, 6.45) is 9.31. The van der Waals surface area contributed by atoms with Crippen LogP contribution in [-0.4, -0.2) is 51.6 Å². The molecule has 8 nitrogen and oxygen atoms in total. The molecule has 1 aliphatic rings. The first-order valence-electron chi connectivity index (χ1n) is 11.8. The summed E-state index contributed by atoms with van der Waals surface area (Å²) in [6, 6.07) is 14.9. The second kappa shape index (κ2) is 9.95. The molecule has 1 saturated heterocycles. The zero-order chi connectivity index (χ0) is 24.2. The van der Waals surface area contributed by atoms with Crippen molar-refractivity contribution in [2.75, 3.05) is 26.2 Å². The highest BCUT2D eigenvalue weighted by Crippen LogP contribution is 2.28. The van der Waals surface area contributed by atoms with Crippen LogP contribution in [0.2, 0.25) is 0 Å². The molecule has 0 bridgehead atoms. The van der Waals surface area contributed by atoms with Crippen LogP contribution >= 0.6 is 0 Å². The van der Waals surface area contributed by atoms with Gasteiger partial charge in [-0.05, 0) is 61.3 Å². The maximum Gasteiger partial charge on any atom is 0.250 e. The summed E-state index contributed by atoms with van der Waals surface area (Å²) in [4.78, 5) is 18.8. The van der Waals surface area contributed by atoms with Gasteiger partial charge in [-0.2, -0.15) is 10.4 Å². The Kier molecular flexibility index (Phi) is 6.42. The van der Waals surface area contributed by atoms with Crippen LogP contribution < -0.4 is 10.5 Å². The molecule has 0 unspecified atom stereocenters. The number of ether oxygens (including phenoxy) is 1. The third kappa shape index (κ3) is 4.86. The molecule has 0 saturated carbocycles. The third-order valence-corrected chi connectivity index (χ3v) is 6.39. The van der Waals surface area contributed by atoms with Crippen molar-refractivity contribution < 1.29 is 9.53 Å². The van der Waals surface area contributed by atoms with E-state index >= 15 is 0 Å². The predicted octanol–water partition coefficient (Wildman–Crippen LogP) is 3.90. The van der Waals surface area contributed by atoms with Crippen molar-refractivity contribution in [1.29, 1.82) is 5.26 Å². The smallest absolute Gasteiger partial charge is 0.250 e. The van der Waals surface area contributed by atoms with Crippen molar-refractivity contribution in [3.63, 3.8) is 0 Å². The number of piperidine rings is 1. The Morgan fingerprint density at radius 1 is 1.03 bits per heavy atom. The molecule has 4 aromatic rings. The van der Waals surface area contributed by atoms with E-state index in [0.29, 0.717) is 12.3 Å². The molecular weight excluding hydrogens is 440 g/mol. The number of aromatic nitrogens is 3. The molecule has 2 aromatic carbocycles. The number of likely N-dealkylation sites (tertiary alicyclic amines) is 1. The van der Waals surface area contributed by atoms with E-state index < -0.39 is 5.91 Å². The topological polar surface area (TPSA) is 110 Å². The fraction of sp³-hybridized carbons (Fsp3) is 0.259. The van der Waals surface area contributed by atoms with Crippen LogP contribution in [0.1, 0.15) is 35.2 Å². The summed E-state index contributed by atoms with van der Waals surface area (Å²) in [6.45, 7) is 3.99. The number of hydrogen-bond donors (Lipinski definition) is 1. The average molecular weight is 467 g/mol. The van der Waals surface area contributed by atoms with Gasteiger partial charge >= 0.3 is 0 Å². The van der Waals surface area contributed by atoms with Gasteiger partial charge in [-0.25, -0.2) is 9.50 Å². The van der Waals surface area contributed by atoms with Crippen molar-refractivity contribution in [3.05, 3.63) is 72.2 Å². The van der Waals surface area contributed by atoms with E-state index in [9.17, 15) is 10.1 Å². The predicted molar refractivity (Wildman–Crippen MR) is 133 cm³/mol. The number of benzene rings is 2.